The van der Waals surface area contributed by atoms with Crippen LogP contribution in [0.4, 0.5) is 0 Å². The summed E-state index contributed by atoms with van der Waals surface area (Å²) in [6.07, 6.45) is 8.51. The second-order valence-electron chi connectivity index (χ2n) is 9.28. The zero-order valence-corrected chi connectivity index (χ0v) is 22.4. The third kappa shape index (κ3) is 9.63. The monoisotopic (exact) mass is 536 g/mol. The van der Waals surface area contributed by atoms with Gasteiger partial charge in [0.05, 0.1) is 5.56 Å². The Hall–Kier alpha value is -4.07. The number of hydrogen-bond donors (Lipinski definition) is 0. The minimum absolute atomic E-state index is 0.254. The number of unbranched alkanes of at least 4 members (excludes halogenated alkanes) is 5. The predicted octanol–water partition coefficient (Wildman–Crippen LogP) is 6.34. The Balaban J connectivity index is 1.53. The summed E-state index contributed by atoms with van der Waals surface area (Å²) < 4.78 is 27.2. The van der Waals surface area contributed by atoms with Gasteiger partial charge in [-0.1, -0.05) is 52.2 Å². The standard InChI is InChI=1S/C31H36O8/c1-4-6-7-8-9-10-11-27(28-20-22(3)30(33)39-28)37-25-14-12-23(13-15-25)31(34)38-26-18-16-24(17-19-26)35-21-36-29(32)5-2/h5,12-19,27-28H,2-4,6-11,20-21H2,1H3. The van der Waals surface area contributed by atoms with Crippen LogP contribution in [0.15, 0.2) is 73.3 Å². The molecule has 1 aliphatic heterocycles. The summed E-state index contributed by atoms with van der Waals surface area (Å²) in [6.45, 7) is 9.03. The lowest BCUT2D eigenvalue weighted by Crippen LogP contribution is -2.31. The zero-order chi connectivity index (χ0) is 28.0. The van der Waals surface area contributed by atoms with Gasteiger partial charge in [-0.3, -0.25) is 0 Å². The number of rotatable bonds is 16. The fraction of sp³-hybridized carbons (Fsp3) is 0.387. The molecular weight excluding hydrogens is 500 g/mol. The van der Waals surface area contributed by atoms with E-state index in [-0.39, 0.29) is 25.0 Å². The maximum Gasteiger partial charge on any atom is 0.343 e. The summed E-state index contributed by atoms with van der Waals surface area (Å²) in [4.78, 5) is 35.6. The van der Waals surface area contributed by atoms with Crippen LogP contribution in [0.1, 0.15) is 68.6 Å². The van der Waals surface area contributed by atoms with Crippen LogP contribution in [0.5, 0.6) is 17.2 Å². The summed E-state index contributed by atoms with van der Waals surface area (Å²) in [5.41, 5.74) is 0.817. The molecule has 1 fully saturated rings. The number of carbonyl (C=O) groups is 3. The van der Waals surface area contributed by atoms with E-state index in [1.165, 1.54) is 25.7 Å². The van der Waals surface area contributed by atoms with Crippen LogP contribution in [0, 0.1) is 0 Å². The number of esters is 3. The van der Waals surface area contributed by atoms with Gasteiger partial charge in [-0.25, -0.2) is 14.4 Å². The van der Waals surface area contributed by atoms with E-state index in [1.54, 1.807) is 48.5 Å². The van der Waals surface area contributed by atoms with Crippen molar-refractivity contribution in [1.29, 1.82) is 0 Å². The molecule has 0 amide bonds. The lowest BCUT2D eigenvalue weighted by molar-refractivity contribution is -0.144. The van der Waals surface area contributed by atoms with Crippen molar-refractivity contribution in [3.05, 3.63) is 78.9 Å². The number of carbonyl (C=O) groups excluding carboxylic acids is 3. The molecule has 0 N–H and O–H groups in total. The quantitative estimate of drug-likeness (QED) is 0.0806. The Morgan fingerprint density at radius 1 is 0.974 bits per heavy atom. The molecule has 2 unspecified atom stereocenters. The average Bonchev–Trinajstić information content (AvgIpc) is 3.28. The van der Waals surface area contributed by atoms with Crippen molar-refractivity contribution in [2.24, 2.45) is 0 Å². The highest BCUT2D eigenvalue weighted by molar-refractivity contribution is 5.91. The Morgan fingerprint density at radius 3 is 2.26 bits per heavy atom. The van der Waals surface area contributed by atoms with Crippen LogP contribution < -0.4 is 14.2 Å². The Kier molecular flexibility index (Phi) is 11.6. The van der Waals surface area contributed by atoms with E-state index in [4.69, 9.17) is 23.7 Å². The molecule has 1 saturated heterocycles. The molecule has 0 spiro atoms. The first-order chi connectivity index (χ1) is 18.9. The Labute approximate surface area is 229 Å². The summed E-state index contributed by atoms with van der Waals surface area (Å²) in [7, 11) is 0. The number of cyclic esters (lactones) is 1. The minimum atomic E-state index is -0.585. The Morgan fingerprint density at radius 2 is 1.62 bits per heavy atom. The fourth-order valence-corrected chi connectivity index (χ4v) is 4.07. The molecule has 0 bridgehead atoms. The summed E-state index contributed by atoms with van der Waals surface area (Å²) in [5.74, 6) is -0.128. The third-order valence-corrected chi connectivity index (χ3v) is 6.26. The van der Waals surface area contributed by atoms with E-state index in [9.17, 15) is 14.4 Å². The van der Waals surface area contributed by atoms with Crippen LogP contribution in [-0.2, 0) is 19.1 Å². The smallest absolute Gasteiger partial charge is 0.343 e. The van der Waals surface area contributed by atoms with Gasteiger partial charge in [0.2, 0.25) is 6.79 Å². The molecule has 0 radical (unpaired) electrons. The molecule has 8 heteroatoms. The van der Waals surface area contributed by atoms with Gasteiger partial charge in [0.15, 0.2) is 0 Å². The van der Waals surface area contributed by atoms with Gasteiger partial charge in [-0.05, 0) is 61.4 Å². The lowest BCUT2D eigenvalue weighted by atomic mass is 10.0. The van der Waals surface area contributed by atoms with E-state index in [1.807, 2.05) is 0 Å². The van der Waals surface area contributed by atoms with Crippen LogP contribution in [0.2, 0.25) is 0 Å². The highest BCUT2D eigenvalue weighted by Gasteiger charge is 2.35. The van der Waals surface area contributed by atoms with Crippen molar-refractivity contribution in [3.63, 3.8) is 0 Å². The van der Waals surface area contributed by atoms with E-state index in [0.29, 0.717) is 34.8 Å². The van der Waals surface area contributed by atoms with Gasteiger partial charge in [0.1, 0.15) is 29.5 Å². The van der Waals surface area contributed by atoms with E-state index in [0.717, 1.165) is 25.3 Å². The third-order valence-electron chi connectivity index (χ3n) is 6.26. The molecule has 1 heterocycles. The molecule has 0 saturated carbocycles. The molecular formula is C31H36O8. The van der Waals surface area contributed by atoms with Crippen LogP contribution in [0.25, 0.3) is 0 Å². The van der Waals surface area contributed by atoms with Crippen molar-refractivity contribution in [2.45, 2.75) is 70.5 Å². The van der Waals surface area contributed by atoms with Gasteiger partial charge in [-0.2, -0.15) is 0 Å². The second kappa shape index (κ2) is 15.4. The minimum Gasteiger partial charge on any atom is -0.487 e. The molecule has 2 aromatic carbocycles. The van der Waals surface area contributed by atoms with E-state index in [2.05, 4.69) is 20.1 Å². The van der Waals surface area contributed by atoms with E-state index >= 15 is 0 Å². The molecule has 39 heavy (non-hydrogen) atoms. The second-order valence-corrected chi connectivity index (χ2v) is 9.28. The Bertz CT molecular complexity index is 1100. The molecule has 208 valence electrons. The molecule has 3 rings (SSSR count). The maximum atomic E-state index is 12.6. The summed E-state index contributed by atoms with van der Waals surface area (Å²) in [5, 5.41) is 0. The first-order valence-corrected chi connectivity index (χ1v) is 13.3. The molecule has 8 nitrogen and oxygen atoms in total. The predicted molar refractivity (Wildman–Crippen MR) is 146 cm³/mol. The number of hydrogen-bond acceptors (Lipinski definition) is 8. The summed E-state index contributed by atoms with van der Waals surface area (Å²) in [6, 6.07) is 13.0. The van der Waals surface area contributed by atoms with Crippen molar-refractivity contribution >= 4 is 17.9 Å². The van der Waals surface area contributed by atoms with Crippen molar-refractivity contribution in [2.75, 3.05) is 6.79 Å². The van der Waals surface area contributed by atoms with Crippen molar-refractivity contribution in [3.8, 4) is 17.2 Å². The highest BCUT2D eigenvalue weighted by atomic mass is 16.7. The molecule has 2 aromatic rings. The lowest BCUT2D eigenvalue weighted by Gasteiger charge is -2.24. The van der Waals surface area contributed by atoms with Crippen LogP contribution in [-0.4, -0.2) is 36.9 Å². The zero-order valence-electron chi connectivity index (χ0n) is 22.4. The van der Waals surface area contributed by atoms with Gasteiger partial charge >= 0.3 is 17.9 Å². The molecule has 1 aliphatic rings. The van der Waals surface area contributed by atoms with Gasteiger partial charge in [0, 0.05) is 18.1 Å². The largest absolute Gasteiger partial charge is 0.487 e. The first kappa shape index (κ1) is 29.5. The fourth-order valence-electron chi connectivity index (χ4n) is 4.07. The van der Waals surface area contributed by atoms with Crippen LogP contribution >= 0.6 is 0 Å². The average molecular weight is 537 g/mol. The molecule has 0 aromatic heterocycles. The van der Waals surface area contributed by atoms with Crippen LogP contribution in [0.3, 0.4) is 0 Å². The normalized spacial score (nSPS) is 15.3. The molecule has 0 aliphatic carbocycles. The number of ether oxygens (including phenoxy) is 5. The first-order valence-electron chi connectivity index (χ1n) is 13.3. The highest BCUT2D eigenvalue weighted by Crippen LogP contribution is 2.28. The summed E-state index contributed by atoms with van der Waals surface area (Å²) >= 11 is 0. The van der Waals surface area contributed by atoms with Gasteiger partial charge in [0.25, 0.3) is 0 Å². The molecule has 2 atom stereocenters. The van der Waals surface area contributed by atoms with Gasteiger partial charge < -0.3 is 23.7 Å². The SMILES string of the molecule is C=CC(=O)OCOc1ccc(OC(=O)c2ccc(OC(CCCCCCCC)C3CC(=C)C(=O)O3)cc2)cc1. The number of benzene rings is 2. The maximum absolute atomic E-state index is 12.6. The van der Waals surface area contributed by atoms with E-state index < -0.39 is 11.9 Å². The van der Waals surface area contributed by atoms with Gasteiger partial charge in [-0.15, -0.1) is 0 Å². The van der Waals surface area contributed by atoms with Crippen molar-refractivity contribution < 1.29 is 38.1 Å². The topological polar surface area (TPSA) is 97.4 Å². The van der Waals surface area contributed by atoms with Crippen molar-refractivity contribution in [1.82, 2.24) is 0 Å².